The van der Waals surface area contributed by atoms with Gasteiger partial charge in [-0.3, -0.25) is 8.74 Å². The van der Waals surface area contributed by atoms with Crippen molar-refractivity contribution in [1.29, 1.82) is 0 Å². The molecule has 0 aliphatic carbocycles. The fourth-order valence-electron chi connectivity index (χ4n) is 4.31. The molecule has 0 spiro atoms. The molecule has 0 atom stereocenters. The van der Waals surface area contributed by atoms with Crippen molar-refractivity contribution >= 4 is 101 Å². The molecule has 1 heterocycles. The van der Waals surface area contributed by atoms with Crippen molar-refractivity contribution < 1.29 is 82.1 Å². The third-order valence-corrected chi connectivity index (χ3v) is 10.3. The maximum absolute atomic E-state index is 12.6. The number of benzene rings is 4. The summed E-state index contributed by atoms with van der Waals surface area (Å²) in [5, 5.41) is 59.5. The number of hydrogen-bond acceptors (Lipinski definition) is 22. The van der Waals surface area contributed by atoms with Gasteiger partial charge in [-0.2, -0.15) is 23.4 Å². The number of anilines is 4. The van der Waals surface area contributed by atoms with Crippen LogP contribution in [-0.4, -0.2) is 69.4 Å². The van der Waals surface area contributed by atoms with E-state index in [4.69, 9.17) is 26.3 Å². The molecule has 7 N–H and O–H groups in total. The molecule has 5 aromatic rings. The van der Waals surface area contributed by atoms with Crippen molar-refractivity contribution in [2.24, 2.45) is 10.2 Å². The van der Waals surface area contributed by atoms with E-state index in [0.29, 0.717) is 28.5 Å². The van der Waals surface area contributed by atoms with Crippen molar-refractivity contribution in [3.05, 3.63) is 72.0 Å². The Kier molecular flexibility index (Phi) is 15.1. The maximum atomic E-state index is 12.6. The molecule has 0 saturated heterocycles. The number of halogens is 1. The van der Waals surface area contributed by atoms with Crippen molar-refractivity contribution in [2.75, 3.05) is 23.0 Å². The molecule has 0 saturated carbocycles. The van der Waals surface area contributed by atoms with Gasteiger partial charge in [-0.1, -0.05) is 34.3 Å². The first-order valence-electron chi connectivity index (χ1n) is 14.0. The Morgan fingerprint density at radius 3 is 2.19 bits per heavy atom. The van der Waals surface area contributed by atoms with Crippen LogP contribution < -0.4 is 10.6 Å². The van der Waals surface area contributed by atoms with Gasteiger partial charge in [0.05, 0.1) is 44.8 Å². The summed E-state index contributed by atoms with van der Waals surface area (Å²) in [5.74, 6) is -2.03. The molecular weight excluding hydrogens is 874 g/mol. The molecule has 1 radical (unpaired) electrons. The van der Waals surface area contributed by atoms with Gasteiger partial charge in [-0.05, 0) is 59.5 Å². The first kappa shape index (κ1) is 42.8. The molecule has 5 rings (SSSR count). The van der Waals surface area contributed by atoms with E-state index in [1.807, 2.05) is 0 Å². The second-order valence-corrected chi connectivity index (χ2v) is 15.0. The van der Waals surface area contributed by atoms with Crippen molar-refractivity contribution in [3.8, 4) is 11.5 Å². The van der Waals surface area contributed by atoms with Crippen LogP contribution in [-0.2, 0) is 60.0 Å². The van der Waals surface area contributed by atoms with Gasteiger partial charge < -0.3 is 20.8 Å². The molecule has 0 fully saturated rings. The smallest absolute Gasteiger partial charge is 0.294 e. The van der Waals surface area contributed by atoms with Gasteiger partial charge in [0.15, 0.2) is 33.7 Å². The van der Waals surface area contributed by atoms with Gasteiger partial charge in [-0.15, -0.1) is 18.9 Å². The van der Waals surface area contributed by atoms with Gasteiger partial charge in [0.2, 0.25) is 17.2 Å². The number of aromatic nitrogens is 3. The van der Waals surface area contributed by atoms with E-state index in [0.717, 1.165) is 12.1 Å². The zero-order valence-electron chi connectivity index (χ0n) is 26.2. The zero-order chi connectivity index (χ0) is 38.2. The number of rotatable bonds is 17. The zero-order valence-corrected chi connectivity index (χ0v) is 31.2. The van der Waals surface area contributed by atoms with E-state index in [-0.39, 0.29) is 74.4 Å². The first-order valence-corrected chi connectivity index (χ1v) is 18.9. The summed E-state index contributed by atoms with van der Waals surface area (Å²) in [6, 6.07) is 15.1. The minimum Gasteiger partial charge on any atom is -0.505 e. The van der Waals surface area contributed by atoms with Crippen molar-refractivity contribution in [3.63, 3.8) is 0 Å². The Labute approximate surface area is 328 Å². The second-order valence-electron chi connectivity index (χ2n) is 9.91. The van der Waals surface area contributed by atoms with Crippen LogP contribution in [0.3, 0.4) is 0 Å². The van der Waals surface area contributed by atoms with Gasteiger partial charge in [0, 0.05) is 28.1 Å². The molecule has 21 nitrogen and oxygen atoms in total. The summed E-state index contributed by atoms with van der Waals surface area (Å²) in [5.41, 5.74) is -0.835. The summed E-state index contributed by atoms with van der Waals surface area (Å²) in [7, 11) is -8.68. The van der Waals surface area contributed by atoms with E-state index in [1.165, 1.54) is 30.3 Å². The topological polar surface area (TPSA) is 303 Å². The minimum atomic E-state index is -4.91. The molecule has 27 heteroatoms. The monoisotopic (exact) mass is 894 g/mol. The Morgan fingerprint density at radius 1 is 0.815 bits per heavy atom. The fraction of sp³-hybridized carbons (Fsp3) is 0.0741. The van der Waals surface area contributed by atoms with Crippen LogP contribution in [0.1, 0.15) is 0 Å². The number of azo groups is 1. The molecule has 1 aromatic heterocycles. The van der Waals surface area contributed by atoms with Crippen LogP contribution in [0.5, 0.6) is 11.5 Å². The SMILES string of the molecule is O=S(=O)(O)c1cc(N=Nc2c(SOOO)cc3ccccc3c2O)c(O)c(Nc2nc(Cl)nc(Nc3ccc(S(=O)(=O)CCOSOOO)cc3)n2)c1.[Cu]. The second kappa shape index (κ2) is 19.1. The number of hydrogen-bond donors (Lipinski definition) is 7. The Morgan fingerprint density at radius 2 is 1.50 bits per heavy atom. The Balaban J connectivity index is 0.00000650. The molecule has 0 aliphatic heterocycles. The largest absolute Gasteiger partial charge is 0.505 e. The summed E-state index contributed by atoms with van der Waals surface area (Å²) >= 11 is 6.78. The molecule has 4 aromatic carbocycles. The van der Waals surface area contributed by atoms with Gasteiger partial charge >= 0.3 is 0 Å². The van der Waals surface area contributed by atoms with Crippen LogP contribution >= 0.6 is 36.0 Å². The number of aromatic hydroxyl groups is 2. The maximum Gasteiger partial charge on any atom is 0.294 e. The number of nitrogens with zero attached hydrogens (tertiary/aromatic N) is 5. The van der Waals surface area contributed by atoms with E-state index in [9.17, 15) is 31.6 Å². The third kappa shape index (κ3) is 11.1. The molecule has 0 bridgehead atoms. The number of phenolic OH excluding ortho intramolecular Hbond substituents is 2. The van der Waals surface area contributed by atoms with Gasteiger partial charge in [-0.25, -0.2) is 18.9 Å². The van der Waals surface area contributed by atoms with E-state index < -0.39 is 47.7 Å². The number of fused-ring (bicyclic) bond motifs is 1. The quantitative estimate of drug-likeness (QED) is 0.00772. The summed E-state index contributed by atoms with van der Waals surface area (Å²) in [6.45, 7) is -0.284. The summed E-state index contributed by atoms with van der Waals surface area (Å²) in [4.78, 5) is 11.3. The molecule has 54 heavy (non-hydrogen) atoms. The first-order chi connectivity index (χ1) is 25.3. The van der Waals surface area contributed by atoms with Crippen LogP contribution in [0.2, 0.25) is 5.28 Å². The van der Waals surface area contributed by atoms with Gasteiger partial charge in [0.25, 0.3) is 10.1 Å². The van der Waals surface area contributed by atoms with Crippen LogP contribution in [0, 0.1) is 0 Å². The Hall–Kier alpha value is -3.96. The van der Waals surface area contributed by atoms with E-state index in [2.05, 4.69) is 54.6 Å². The third-order valence-electron chi connectivity index (χ3n) is 6.60. The normalized spacial score (nSPS) is 11.9. The van der Waals surface area contributed by atoms with E-state index >= 15 is 0 Å². The van der Waals surface area contributed by atoms with Crippen molar-refractivity contribution in [2.45, 2.75) is 14.7 Å². The average molecular weight is 896 g/mol. The van der Waals surface area contributed by atoms with Crippen LogP contribution in [0.25, 0.3) is 10.8 Å². The summed E-state index contributed by atoms with van der Waals surface area (Å²) < 4.78 is 72.6. The predicted molar refractivity (Wildman–Crippen MR) is 187 cm³/mol. The number of nitrogens with one attached hydrogen (secondary N) is 2. The summed E-state index contributed by atoms with van der Waals surface area (Å²) in [6.07, 6.45) is 0. The number of phenols is 2. The molecule has 0 amide bonds. The van der Waals surface area contributed by atoms with Crippen molar-refractivity contribution in [1.82, 2.24) is 15.0 Å². The van der Waals surface area contributed by atoms with Crippen LogP contribution in [0.4, 0.5) is 34.6 Å². The molecule has 0 unspecified atom stereocenters. The molecule has 291 valence electrons. The predicted octanol–water partition coefficient (Wildman–Crippen LogP) is 6.44. The van der Waals surface area contributed by atoms with Gasteiger partial charge in [0.1, 0.15) is 11.4 Å². The fourth-order valence-corrected chi connectivity index (χ4v) is 6.90. The number of sulfone groups is 1. The molecule has 0 aliphatic rings. The standard InChI is InChI=1S/C27H22ClN7O14S4.Cu/c28-25-31-26(29-15-5-7-16(8-6-15)52(40,41)10-9-45-51-49-47-39)33-27(32-25)30-19-12-17(53(42,43)44)13-20(24(19)37)34-35-22-21(50-48-46-38)11-14-3-1-2-4-18(14)23(22)36;/h1-8,11-13,36-39H,9-10H2,(H,42,43,44)(H2,29,30,31,32,33);. The average Bonchev–Trinajstić information content (AvgIpc) is 3.11. The minimum absolute atomic E-state index is 0. The molecular formula is C27H22ClCuN7O14S4. The Bertz CT molecular complexity index is 2370. The van der Waals surface area contributed by atoms with Crippen LogP contribution in [0.15, 0.2) is 91.6 Å². The van der Waals surface area contributed by atoms with E-state index in [1.54, 1.807) is 24.3 Å².